The molecule has 0 radical (unpaired) electrons. The third-order valence-corrected chi connectivity index (χ3v) is 6.98. The molecular weight excluding hydrogens is 425 g/mol. The van der Waals surface area contributed by atoms with Gasteiger partial charge in [0.15, 0.2) is 0 Å². The lowest BCUT2D eigenvalue weighted by molar-refractivity contribution is -0.130. The van der Waals surface area contributed by atoms with Crippen LogP contribution in [-0.2, 0) is 19.9 Å². The minimum Gasteiger partial charge on any atom is -0.324 e. The van der Waals surface area contributed by atoms with Crippen LogP contribution in [0.4, 0.5) is 11.4 Å². The van der Waals surface area contributed by atoms with Gasteiger partial charge in [-0.2, -0.15) is 0 Å². The zero-order valence-electron chi connectivity index (χ0n) is 16.3. The number of benzene rings is 2. The van der Waals surface area contributed by atoms with Crippen LogP contribution >= 0.6 is 23.2 Å². The van der Waals surface area contributed by atoms with E-state index in [9.17, 15) is 14.4 Å². The average molecular weight is 444 g/mol. The first-order valence-electron chi connectivity index (χ1n) is 9.79. The molecule has 0 unspecified atom stereocenters. The molecule has 3 amide bonds. The largest absolute Gasteiger partial charge is 0.324 e. The number of nitrogens with zero attached hydrogens (tertiary/aromatic N) is 1. The van der Waals surface area contributed by atoms with E-state index in [0.29, 0.717) is 16.3 Å². The van der Waals surface area contributed by atoms with Crippen molar-refractivity contribution in [2.24, 2.45) is 17.8 Å². The SMILES string of the molecule is CC(C)[C@@H]1N[C@]2(C(=O)Nc3ccccc32)[C@H]2C(=O)N(c3cc(Cl)ccc3Cl)C(=O)[C@@H]12. The van der Waals surface area contributed by atoms with Crippen molar-refractivity contribution in [2.45, 2.75) is 25.4 Å². The van der Waals surface area contributed by atoms with Gasteiger partial charge in [-0.3, -0.25) is 19.7 Å². The van der Waals surface area contributed by atoms with Gasteiger partial charge >= 0.3 is 0 Å². The molecule has 4 atom stereocenters. The Balaban J connectivity index is 1.71. The number of anilines is 2. The first-order chi connectivity index (χ1) is 14.3. The Hall–Kier alpha value is -2.41. The summed E-state index contributed by atoms with van der Waals surface area (Å²) in [5.74, 6) is -2.68. The highest BCUT2D eigenvalue weighted by molar-refractivity contribution is 6.38. The van der Waals surface area contributed by atoms with Crippen molar-refractivity contribution in [2.75, 3.05) is 10.2 Å². The fraction of sp³-hybridized carbons (Fsp3) is 0.318. The van der Waals surface area contributed by atoms with Crippen molar-refractivity contribution >= 4 is 52.3 Å². The summed E-state index contributed by atoms with van der Waals surface area (Å²) in [6.45, 7) is 3.94. The van der Waals surface area contributed by atoms with Crippen LogP contribution in [0, 0.1) is 17.8 Å². The summed E-state index contributed by atoms with van der Waals surface area (Å²) in [5.41, 5.74) is 0.284. The zero-order chi connectivity index (χ0) is 21.4. The van der Waals surface area contributed by atoms with Gasteiger partial charge < -0.3 is 5.32 Å². The number of rotatable bonds is 2. The molecule has 6 nitrogen and oxygen atoms in total. The van der Waals surface area contributed by atoms with E-state index in [2.05, 4.69) is 10.6 Å². The van der Waals surface area contributed by atoms with E-state index in [0.717, 1.165) is 4.90 Å². The minimum atomic E-state index is -1.30. The summed E-state index contributed by atoms with van der Waals surface area (Å²) in [7, 11) is 0. The van der Waals surface area contributed by atoms with E-state index in [4.69, 9.17) is 23.2 Å². The van der Waals surface area contributed by atoms with Crippen LogP contribution in [-0.4, -0.2) is 23.8 Å². The minimum absolute atomic E-state index is 0.0176. The Labute approximate surface area is 183 Å². The van der Waals surface area contributed by atoms with E-state index in [1.165, 1.54) is 6.07 Å². The molecule has 3 aliphatic rings. The number of para-hydroxylation sites is 1. The smallest absolute Gasteiger partial charge is 0.250 e. The number of hydrogen-bond acceptors (Lipinski definition) is 4. The highest BCUT2D eigenvalue weighted by Gasteiger charge is 2.71. The maximum absolute atomic E-state index is 13.7. The standard InChI is InChI=1S/C22H19Cl2N3O3/c1-10(2)18-16-17(22(26-18)12-5-3-4-6-14(12)25-21(22)30)20(29)27(19(16)28)15-9-11(23)7-8-13(15)24/h3-10,16-18,26H,1-2H3,(H,25,30)/t16-,17-,18+,22+/m1/s1. The van der Waals surface area contributed by atoms with E-state index < -0.39 is 23.3 Å². The lowest BCUT2D eigenvalue weighted by atomic mass is 9.76. The van der Waals surface area contributed by atoms with Gasteiger partial charge in [0.25, 0.3) is 0 Å². The highest BCUT2D eigenvalue weighted by Crippen LogP contribution is 2.54. The molecule has 30 heavy (non-hydrogen) atoms. The van der Waals surface area contributed by atoms with Gasteiger partial charge in [-0.05, 0) is 30.2 Å². The molecule has 0 aliphatic carbocycles. The van der Waals surface area contributed by atoms with Gasteiger partial charge in [-0.1, -0.05) is 55.2 Å². The second-order valence-corrected chi connectivity index (χ2v) is 9.18. The first-order valence-corrected chi connectivity index (χ1v) is 10.5. The number of halogens is 2. The summed E-state index contributed by atoms with van der Waals surface area (Å²) < 4.78 is 0. The zero-order valence-corrected chi connectivity index (χ0v) is 17.8. The summed E-state index contributed by atoms with van der Waals surface area (Å²) in [5, 5.41) is 6.89. The van der Waals surface area contributed by atoms with Crippen LogP contribution in [0.25, 0.3) is 0 Å². The maximum Gasteiger partial charge on any atom is 0.250 e. The molecule has 0 aromatic heterocycles. The van der Waals surface area contributed by atoms with Crippen LogP contribution in [0.15, 0.2) is 42.5 Å². The van der Waals surface area contributed by atoms with Crippen LogP contribution in [0.3, 0.4) is 0 Å². The Morgan fingerprint density at radius 3 is 2.50 bits per heavy atom. The van der Waals surface area contributed by atoms with Crippen molar-refractivity contribution in [3.8, 4) is 0 Å². The molecule has 5 rings (SSSR count). The normalized spacial score (nSPS) is 29.7. The highest BCUT2D eigenvalue weighted by atomic mass is 35.5. The topological polar surface area (TPSA) is 78.5 Å². The molecule has 154 valence electrons. The maximum atomic E-state index is 13.7. The van der Waals surface area contributed by atoms with Crippen LogP contribution < -0.4 is 15.5 Å². The molecule has 2 saturated heterocycles. The number of carbonyl (C=O) groups is 3. The van der Waals surface area contributed by atoms with Gasteiger partial charge in [-0.15, -0.1) is 0 Å². The van der Waals surface area contributed by atoms with Crippen LogP contribution in [0.2, 0.25) is 10.0 Å². The fourth-order valence-corrected chi connectivity index (χ4v) is 5.53. The molecule has 3 aliphatic heterocycles. The molecule has 0 bridgehead atoms. The number of amides is 3. The van der Waals surface area contributed by atoms with Crippen molar-refractivity contribution in [3.63, 3.8) is 0 Å². The summed E-state index contributed by atoms with van der Waals surface area (Å²) >= 11 is 12.4. The quantitative estimate of drug-likeness (QED) is 0.695. The number of fused-ring (bicyclic) bond motifs is 4. The van der Waals surface area contributed by atoms with Crippen molar-refractivity contribution in [1.82, 2.24) is 5.32 Å². The van der Waals surface area contributed by atoms with Gasteiger partial charge in [-0.25, -0.2) is 4.90 Å². The summed E-state index contributed by atoms with van der Waals surface area (Å²) in [6.07, 6.45) is 0. The third kappa shape index (κ3) is 2.38. The first kappa shape index (κ1) is 19.5. The van der Waals surface area contributed by atoms with Crippen molar-refractivity contribution in [1.29, 1.82) is 0 Å². The van der Waals surface area contributed by atoms with Gasteiger partial charge in [0.05, 0.1) is 22.5 Å². The Bertz CT molecular complexity index is 1120. The van der Waals surface area contributed by atoms with Gasteiger partial charge in [0, 0.05) is 22.3 Å². The molecular formula is C22H19Cl2N3O3. The third-order valence-electron chi connectivity index (χ3n) is 6.42. The predicted octanol–water partition coefficient (Wildman–Crippen LogP) is 3.57. The van der Waals surface area contributed by atoms with E-state index in [-0.39, 0.29) is 34.5 Å². The van der Waals surface area contributed by atoms with Crippen molar-refractivity contribution in [3.05, 3.63) is 58.1 Å². The number of nitrogens with one attached hydrogen (secondary N) is 2. The Morgan fingerprint density at radius 1 is 1.03 bits per heavy atom. The molecule has 0 saturated carbocycles. The van der Waals surface area contributed by atoms with Crippen molar-refractivity contribution < 1.29 is 14.4 Å². The lowest BCUT2D eigenvalue weighted by Crippen LogP contribution is -2.54. The van der Waals surface area contributed by atoms with E-state index in [1.54, 1.807) is 18.2 Å². The van der Waals surface area contributed by atoms with Gasteiger partial charge in [0.2, 0.25) is 17.7 Å². The van der Waals surface area contributed by atoms with Gasteiger partial charge in [0.1, 0.15) is 5.54 Å². The Morgan fingerprint density at radius 2 is 1.77 bits per heavy atom. The molecule has 2 N–H and O–H groups in total. The molecule has 2 aromatic rings. The molecule has 2 aromatic carbocycles. The monoisotopic (exact) mass is 443 g/mol. The number of imide groups is 1. The fourth-order valence-electron chi connectivity index (χ4n) is 5.16. The molecule has 8 heteroatoms. The molecule has 1 spiro atoms. The molecule has 3 heterocycles. The van der Waals surface area contributed by atoms with E-state index >= 15 is 0 Å². The average Bonchev–Trinajstić information content (AvgIpc) is 3.29. The summed E-state index contributed by atoms with van der Waals surface area (Å²) in [4.78, 5) is 41.7. The number of hydrogen-bond donors (Lipinski definition) is 2. The van der Waals surface area contributed by atoms with E-state index in [1.807, 2.05) is 32.0 Å². The van der Waals surface area contributed by atoms with Crippen LogP contribution in [0.5, 0.6) is 0 Å². The second kappa shape index (κ2) is 6.54. The number of carbonyl (C=O) groups excluding carboxylic acids is 3. The molecule has 2 fully saturated rings. The second-order valence-electron chi connectivity index (χ2n) is 8.33. The predicted molar refractivity (Wildman–Crippen MR) is 114 cm³/mol. The Kier molecular flexibility index (Phi) is 4.26. The van der Waals surface area contributed by atoms with Crippen LogP contribution in [0.1, 0.15) is 19.4 Å². The lowest BCUT2D eigenvalue weighted by Gasteiger charge is -2.30. The summed E-state index contributed by atoms with van der Waals surface area (Å²) in [6, 6.07) is 11.6.